The van der Waals surface area contributed by atoms with Crippen LogP contribution in [0.5, 0.6) is 0 Å². The van der Waals surface area contributed by atoms with Crippen LogP contribution in [-0.2, 0) is 4.74 Å². The Labute approximate surface area is 69.1 Å². The van der Waals surface area contributed by atoms with Gasteiger partial charge in [-0.1, -0.05) is 6.92 Å². The summed E-state index contributed by atoms with van der Waals surface area (Å²) in [6.45, 7) is 4.87. The van der Waals surface area contributed by atoms with E-state index in [4.69, 9.17) is 10.5 Å². The van der Waals surface area contributed by atoms with Gasteiger partial charge in [0.15, 0.2) is 0 Å². The summed E-state index contributed by atoms with van der Waals surface area (Å²) in [5, 5.41) is 0. The molecule has 0 aromatic carbocycles. The van der Waals surface area contributed by atoms with Gasteiger partial charge < -0.3 is 10.5 Å². The van der Waals surface area contributed by atoms with E-state index in [0.717, 1.165) is 6.42 Å². The molecule has 1 saturated carbocycles. The lowest BCUT2D eigenvalue weighted by molar-refractivity contribution is -0.108. The maximum absolute atomic E-state index is 5.85. The second-order valence-corrected chi connectivity index (χ2v) is 3.68. The van der Waals surface area contributed by atoms with Gasteiger partial charge in [0.05, 0.1) is 11.7 Å². The second kappa shape index (κ2) is 3.55. The lowest BCUT2D eigenvalue weighted by Gasteiger charge is -2.36. The summed E-state index contributed by atoms with van der Waals surface area (Å²) in [7, 11) is 0. The molecule has 2 N–H and O–H groups in total. The van der Waals surface area contributed by atoms with E-state index >= 15 is 0 Å². The van der Waals surface area contributed by atoms with Gasteiger partial charge in [0.1, 0.15) is 0 Å². The van der Waals surface area contributed by atoms with Crippen LogP contribution in [0, 0.1) is 0 Å². The average Bonchev–Trinajstić information content (AvgIpc) is 1.97. The minimum atomic E-state index is -0.0644. The van der Waals surface area contributed by atoms with E-state index in [0.29, 0.717) is 12.6 Å². The molecule has 2 heteroatoms. The molecule has 66 valence electrons. The van der Waals surface area contributed by atoms with Crippen molar-refractivity contribution in [3.8, 4) is 0 Å². The summed E-state index contributed by atoms with van der Waals surface area (Å²) in [6.07, 6.45) is 5.31. The molecule has 0 heterocycles. The van der Waals surface area contributed by atoms with Crippen molar-refractivity contribution in [2.75, 3.05) is 6.54 Å². The molecular formula is C9H19NO. The molecule has 0 radical (unpaired) electrons. The molecule has 1 aliphatic rings. The molecule has 0 saturated heterocycles. The van der Waals surface area contributed by atoms with Crippen LogP contribution in [0.25, 0.3) is 0 Å². The van der Waals surface area contributed by atoms with Crippen LogP contribution in [0.4, 0.5) is 0 Å². The van der Waals surface area contributed by atoms with Crippen molar-refractivity contribution in [3.63, 3.8) is 0 Å². The van der Waals surface area contributed by atoms with Crippen LogP contribution in [0.2, 0.25) is 0 Å². The summed E-state index contributed by atoms with van der Waals surface area (Å²) < 4.78 is 5.85. The average molecular weight is 157 g/mol. The third-order valence-electron chi connectivity index (χ3n) is 2.68. The number of hydrogen-bond donors (Lipinski definition) is 1. The molecule has 2 nitrogen and oxygen atoms in total. The predicted octanol–water partition coefficient (Wildman–Crippen LogP) is 1.68. The van der Waals surface area contributed by atoms with E-state index in [-0.39, 0.29) is 5.60 Å². The van der Waals surface area contributed by atoms with Gasteiger partial charge in [-0.15, -0.1) is 0 Å². The van der Waals surface area contributed by atoms with Gasteiger partial charge in [-0.05, 0) is 32.6 Å². The summed E-state index contributed by atoms with van der Waals surface area (Å²) >= 11 is 0. The van der Waals surface area contributed by atoms with Crippen LogP contribution >= 0.6 is 0 Å². The first-order valence-corrected chi connectivity index (χ1v) is 4.58. The molecule has 0 aliphatic heterocycles. The number of hydrogen-bond acceptors (Lipinski definition) is 2. The Morgan fingerprint density at radius 1 is 1.55 bits per heavy atom. The van der Waals surface area contributed by atoms with Crippen molar-refractivity contribution in [2.24, 2.45) is 5.73 Å². The van der Waals surface area contributed by atoms with Crippen LogP contribution in [0.15, 0.2) is 0 Å². The third-order valence-corrected chi connectivity index (χ3v) is 2.68. The van der Waals surface area contributed by atoms with Crippen molar-refractivity contribution in [3.05, 3.63) is 0 Å². The Balaban J connectivity index is 2.29. The number of nitrogens with two attached hydrogens (primary N) is 1. The van der Waals surface area contributed by atoms with E-state index in [9.17, 15) is 0 Å². The van der Waals surface area contributed by atoms with E-state index in [1.807, 2.05) is 0 Å². The second-order valence-electron chi connectivity index (χ2n) is 3.68. The lowest BCUT2D eigenvalue weighted by atomic mass is 9.94. The third kappa shape index (κ3) is 2.17. The van der Waals surface area contributed by atoms with E-state index < -0.39 is 0 Å². The van der Waals surface area contributed by atoms with Crippen molar-refractivity contribution in [2.45, 2.75) is 51.2 Å². The molecule has 11 heavy (non-hydrogen) atoms. The Bertz CT molecular complexity index is 117. The van der Waals surface area contributed by atoms with Crippen molar-refractivity contribution in [1.82, 2.24) is 0 Å². The molecule has 0 bridgehead atoms. The SMILES string of the molecule is CCC(C)(CN)OC1CCC1. The van der Waals surface area contributed by atoms with Crippen molar-refractivity contribution < 1.29 is 4.74 Å². The first-order chi connectivity index (χ1) is 5.20. The molecule has 1 fully saturated rings. The minimum Gasteiger partial charge on any atom is -0.371 e. The smallest absolute Gasteiger partial charge is 0.0777 e. The first kappa shape index (κ1) is 9.01. The highest BCUT2D eigenvalue weighted by atomic mass is 16.5. The fraction of sp³-hybridized carbons (Fsp3) is 1.00. The summed E-state index contributed by atoms with van der Waals surface area (Å²) in [5.74, 6) is 0. The minimum absolute atomic E-state index is 0.0644. The first-order valence-electron chi connectivity index (χ1n) is 4.58. The van der Waals surface area contributed by atoms with E-state index in [1.54, 1.807) is 0 Å². The highest BCUT2D eigenvalue weighted by molar-refractivity contribution is 4.79. The molecule has 0 amide bonds. The molecule has 1 unspecified atom stereocenters. The Hall–Kier alpha value is -0.0800. The topological polar surface area (TPSA) is 35.2 Å². The highest BCUT2D eigenvalue weighted by Crippen LogP contribution is 2.28. The Kier molecular flexibility index (Phi) is 2.90. The molecule has 1 aliphatic carbocycles. The molecule has 0 aromatic heterocycles. The van der Waals surface area contributed by atoms with Gasteiger partial charge in [-0.3, -0.25) is 0 Å². The molecule has 0 spiro atoms. The fourth-order valence-electron chi connectivity index (χ4n) is 1.17. The van der Waals surface area contributed by atoms with Gasteiger partial charge in [-0.25, -0.2) is 0 Å². The van der Waals surface area contributed by atoms with Crippen LogP contribution in [0.1, 0.15) is 39.5 Å². The van der Waals surface area contributed by atoms with Gasteiger partial charge in [0.2, 0.25) is 0 Å². The molecular weight excluding hydrogens is 138 g/mol. The molecule has 0 aromatic rings. The predicted molar refractivity (Wildman–Crippen MR) is 46.5 cm³/mol. The summed E-state index contributed by atoms with van der Waals surface area (Å²) in [4.78, 5) is 0. The van der Waals surface area contributed by atoms with Crippen LogP contribution in [-0.4, -0.2) is 18.2 Å². The normalized spacial score (nSPS) is 24.3. The summed E-state index contributed by atoms with van der Waals surface area (Å²) in [6, 6.07) is 0. The van der Waals surface area contributed by atoms with E-state index in [1.165, 1.54) is 19.3 Å². The molecule has 1 atom stereocenters. The van der Waals surface area contributed by atoms with Gasteiger partial charge in [-0.2, -0.15) is 0 Å². The highest BCUT2D eigenvalue weighted by Gasteiger charge is 2.28. The summed E-state index contributed by atoms with van der Waals surface area (Å²) in [5.41, 5.74) is 5.56. The monoisotopic (exact) mass is 157 g/mol. The Morgan fingerprint density at radius 2 is 2.18 bits per heavy atom. The van der Waals surface area contributed by atoms with Crippen LogP contribution < -0.4 is 5.73 Å². The molecule has 1 rings (SSSR count). The van der Waals surface area contributed by atoms with E-state index in [2.05, 4.69) is 13.8 Å². The van der Waals surface area contributed by atoms with Crippen molar-refractivity contribution in [1.29, 1.82) is 0 Å². The standard InChI is InChI=1S/C9H19NO/c1-3-9(2,7-10)11-8-5-4-6-8/h8H,3-7,10H2,1-2H3. The number of rotatable bonds is 4. The zero-order valence-electron chi connectivity index (χ0n) is 7.60. The Morgan fingerprint density at radius 3 is 2.45 bits per heavy atom. The zero-order valence-corrected chi connectivity index (χ0v) is 7.60. The van der Waals surface area contributed by atoms with Crippen molar-refractivity contribution >= 4 is 0 Å². The van der Waals surface area contributed by atoms with Crippen LogP contribution in [0.3, 0.4) is 0 Å². The lowest BCUT2D eigenvalue weighted by Crippen LogP contribution is -2.42. The fourth-order valence-corrected chi connectivity index (χ4v) is 1.17. The largest absolute Gasteiger partial charge is 0.371 e. The maximum Gasteiger partial charge on any atom is 0.0777 e. The van der Waals surface area contributed by atoms with Gasteiger partial charge >= 0.3 is 0 Å². The number of ether oxygens (including phenoxy) is 1. The maximum atomic E-state index is 5.85. The zero-order chi connectivity index (χ0) is 8.32. The van der Waals surface area contributed by atoms with Gasteiger partial charge in [0, 0.05) is 6.54 Å². The quantitative estimate of drug-likeness (QED) is 0.674. The van der Waals surface area contributed by atoms with Gasteiger partial charge in [0.25, 0.3) is 0 Å².